The van der Waals surface area contributed by atoms with Crippen molar-refractivity contribution in [2.45, 2.75) is 51.2 Å². The van der Waals surface area contributed by atoms with E-state index >= 15 is 0 Å². The molecule has 0 radical (unpaired) electrons. The van der Waals surface area contributed by atoms with E-state index in [1.165, 1.54) is 0 Å². The first-order chi connectivity index (χ1) is 13.6. The Bertz CT molecular complexity index is 827. The van der Waals surface area contributed by atoms with Crippen LogP contribution in [-0.4, -0.2) is 46.3 Å². The first-order valence-electron chi connectivity index (χ1n) is 9.95. The second-order valence-electron chi connectivity index (χ2n) is 7.70. The number of nitrogens with zero attached hydrogens (tertiary/aromatic N) is 4. The van der Waals surface area contributed by atoms with E-state index in [-0.39, 0.29) is 12.1 Å². The summed E-state index contributed by atoms with van der Waals surface area (Å²) in [5, 5.41) is 12.1. The van der Waals surface area contributed by atoms with Crippen molar-refractivity contribution in [2.24, 2.45) is 0 Å². The Morgan fingerprint density at radius 2 is 2.14 bits per heavy atom. The van der Waals surface area contributed by atoms with E-state index in [1.807, 2.05) is 37.3 Å². The number of aromatic nitrogens is 2. The lowest BCUT2D eigenvalue weighted by atomic mass is 10.0. The largest absolute Gasteiger partial charge is 0.353 e. The highest BCUT2D eigenvalue weighted by atomic mass is 35.5. The van der Waals surface area contributed by atoms with Crippen LogP contribution in [0.5, 0.6) is 0 Å². The fourth-order valence-electron chi connectivity index (χ4n) is 3.92. The highest BCUT2D eigenvalue weighted by molar-refractivity contribution is 6.31. The summed E-state index contributed by atoms with van der Waals surface area (Å²) >= 11 is 6.10. The molecule has 2 amide bonds. The summed E-state index contributed by atoms with van der Waals surface area (Å²) in [4.78, 5) is 17.4. The fourth-order valence-corrected chi connectivity index (χ4v) is 4.04. The zero-order chi connectivity index (χ0) is 19.5. The van der Waals surface area contributed by atoms with E-state index in [0.29, 0.717) is 12.6 Å². The molecule has 4 rings (SSSR count). The van der Waals surface area contributed by atoms with Gasteiger partial charge in [0, 0.05) is 36.9 Å². The Morgan fingerprint density at radius 1 is 1.29 bits per heavy atom. The van der Waals surface area contributed by atoms with E-state index in [2.05, 4.69) is 25.3 Å². The van der Waals surface area contributed by atoms with E-state index < -0.39 is 0 Å². The van der Waals surface area contributed by atoms with Gasteiger partial charge in [-0.05, 0) is 61.9 Å². The molecule has 7 heteroatoms. The van der Waals surface area contributed by atoms with E-state index in [4.69, 9.17) is 11.6 Å². The van der Waals surface area contributed by atoms with Gasteiger partial charge in [-0.25, -0.2) is 4.79 Å². The number of nitrogens with one attached hydrogen (secondary N) is 1. The molecule has 1 saturated carbocycles. The minimum Gasteiger partial charge on any atom is -0.353 e. The van der Waals surface area contributed by atoms with Gasteiger partial charge in [-0.1, -0.05) is 23.7 Å². The monoisotopic (exact) mass is 399 g/mol. The van der Waals surface area contributed by atoms with E-state index in [9.17, 15) is 4.79 Å². The van der Waals surface area contributed by atoms with Crippen molar-refractivity contribution in [2.75, 3.05) is 18.0 Å². The Morgan fingerprint density at radius 3 is 2.86 bits per heavy atom. The molecule has 0 unspecified atom stereocenters. The maximum atomic E-state index is 13.0. The molecule has 1 aromatic heterocycles. The lowest BCUT2D eigenvalue weighted by Crippen LogP contribution is -2.54. The quantitative estimate of drug-likeness (QED) is 0.831. The minimum absolute atomic E-state index is 0.0288. The average molecular weight is 400 g/mol. The van der Waals surface area contributed by atoms with Crippen LogP contribution in [0.1, 0.15) is 36.8 Å². The number of carbonyl (C=O) groups excluding carboxylic acids is 1. The molecule has 28 heavy (non-hydrogen) atoms. The van der Waals surface area contributed by atoms with Crippen molar-refractivity contribution >= 4 is 23.4 Å². The van der Waals surface area contributed by atoms with Crippen LogP contribution in [-0.2, 0) is 6.54 Å². The van der Waals surface area contributed by atoms with Crippen molar-refractivity contribution in [3.05, 3.63) is 52.7 Å². The Balaban J connectivity index is 1.41. The molecule has 0 bridgehead atoms. The smallest absolute Gasteiger partial charge is 0.318 e. The standard InChI is InChI=1S/C21H26ClN5O/c1-15-12-16(6-9-19(15)22)13-23-21(28)27(17-7-8-17)18-4-3-11-26(14-18)20-5-2-10-24-25-20/h2,5-6,9-10,12,17-18H,3-4,7-8,11,13-14H2,1H3,(H,23,28)/t18-/m1/s1. The predicted molar refractivity (Wildman–Crippen MR) is 111 cm³/mol. The maximum Gasteiger partial charge on any atom is 0.318 e. The average Bonchev–Trinajstić information content (AvgIpc) is 3.55. The molecule has 6 nitrogen and oxygen atoms in total. The Labute approximate surface area is 170 Å². The van der Waals surface area contributed by atoms with Crippen molar-refractivity contribution in [3.63, 3.8) is 0 Å². The molecule has 148 valence electrons. The summed E-state index contributed by atoms with van der Waals surface area (Å²) in [5.74, 6) is 0.889. The third kappa shape index (κ3) is 4.38. The fraction of sp³-hybridized carbons (Fsp3) is 0.476. The molecule has 2 heterocycles. The van der Waals surface area contributed by atoms with E-state index in [1.54, 1.807) is 6.20 Å². The number of benzene rings is 1. The number of rotatable bonds is 5. The summed E-state index contributed by atoms with van der Waals surface area (Å²) in [6.45, 7) is 4.26. The number of hydrogen-bond donors (Lipinski definition) is 1. The molecule has 2 aromatic rings. The maximum absolute atomic E-state index is 13.0. The second kappa shape index (κ2) is 8.35. The molecule has 0 spiro atoms. The third-order valence-corrected chi connectivity index (χ3v) is 5.94. The minimum atomic E-state index is 0.0288. The van der Waals surface area contributed by atoms with Gasteiger partial charge in [0.1, 0.15) is 0 Å². The van der Waals surface area contributed by atoms with Gasteiger partial charge in [-0.2, -0.15) is 5.10 Å². The number of piperidine rings is 1. The van der Waals surface area contributed by atoms with Gasteiger partial charge in [0.15, 0.2) is 5.82 Å². The SMILES string of the molecule is Cc1cc(CNC(=O)N(C2CC2)[C@@H]2CCCN(c3cccnn3)C2)ccc1Cl. The van der Waals surface area contributed by atoms with Gasteiger partial charge in [0.25, 0.3) is 0 Å². The number of halogens is 1. The number of amides is 2. The molecule has 1 N–H and O–H groups in total. The molecule has 2 aliphatic rings. The normalized spacial score (nSPS) is 19.4. The molecule has 1 aliphatic heterocycles. The van der Waals surface area contributed by atoms with Crippen LogP contribution in [0.25, 0.3) is 0 Å². The number of anilines is 1. The van der Waals surface area contributed by atoms with Crippen LogP contribution in [0.2, 0.25) is 5.02 Å². The topological polar surface area (TPSA) is 61.4 Å². The van der Waals surface area contributed by atoms with Crippen LogP contribution >= 0.6 is 11.6 Å². The number of urea groups is 1. The van der Waals surface area contributed by atoms with Crippen LogP contribution in [0, 0.1) is 6.92 Å². The lowest BCUT2D eigenvalue weighted by Gasteiger charge is -2.40. The van der Waals surface area contributed by atoms with Gasteiger partial charge >= 0.3 is 6.03 Å². The van der Waals surface area contributed by atoms with Gasteiger partial charge in [0.05, 0.1) is 6.04 Å². The van der Waals surface area contributed by atoms with Crippen LogP contribution in [0.3, 0.4) is 0 Å². The first-order valence-corrected chi connectivity index (χ1v) is 10.3. The third-order valence-electron chi connectivity index (χ3n) is 5.51. The Hall–Kier alpha value is -2.34. The van der Waals surface area contributed by atoms with Crippen LogP contribution in [0.4, 0.5) is 10.6 Å². The highest BCUT2D eigenvalue weighted by Crippen LogP contribution is 2.32. The molecular formula is C21H26ClN5O. The summed E-state index contributed by atoms with van der Waals surface area (Å²) in [6, 6.07) is 10.4. The summed E-state index contributed by atoms with van der Waals surface area (Å²) < 4.78 is 0. The number of hydrogen-bond acceptors (Lipinski definition) is 4. The van der Waals surface area contributed by atoms with Gasteiger partial charge < -0.3 is 15.1 Å². The van der Waals surface area contributed by atoms with Gasteiger partial charge in [-0.3, -0.25) is 0 Å². The molecule has 1 aliphatic carbocycles. The molecule has 2 fully saturated rings. The number of carbonyl (C=O) groups is 1. The van der Waals surface area contributed by atoms with Crippen molar-refractivity contribution in [1.29, 1.82) is 0 Å². The molecule has 1 aromatic carbocycles. The summed E-state index contributed by atoms with van der Waals surface area (Å²) in [5.41, 5.74) is 2.09. The molecule has 1 saturated heterocycles. The van der Waals surface area contributed by atoms with Crippen LogP contribution in [0.15, 0.2) is 36.5 Å². The van der Waals surface area contributed by atoms with Gasteiger partial charge in [-0.15, -0.1) is 5.10 Å². The van der Waals surface area contributed by atoms with E-state index in [0.717, 1.165) is 60.7 Å². The Kier molecular flexibility index (Phi) is 5.67. The van der Waals surface area contributed by atoms with Crippen molar-refractivity contribution in [3.8, 4) is 0 Å². The lowest BCUT2D eigenvalue weighted by molar-refractivity contribution is 0.160. The van der Waals surface area contributed by atoms with Gasteiger partial charge in [0.2, 0.25) is 0 Å². The van der Waals surface area contributed by atoms with Crippen LogP contribution < -0.4 is 10.2 Å². The number of aryl methyl sites for hydroxylation is 1. The van der Waals surface area contributed by atoms with Crippen molar-refractivity contribution in [1.82, 2.24) is 20.4 Å². The van der Waals surface area contributed by atoms with Crippen molar-refractivity contribution < 1.29 is 4.79 Å². The predicted octanol–water partition coefficient (Wildman–Crippen LogP) is 3.78. The summed E-state index contributed by atoms with van der Waals surface area (Å²) in [7, 11) is 0. The highest BCUT2D eigenvalue weighted by Gasteiger charge is 2.39. The second-order valence-corrected chi connectivity index (χ2v) is 8.11. The zero-order valence-electron chi connectivity index (χ0n) is 16.1. The molecule has 1 atom stereocenters. The molecular weight excluding hydrogens is 374 g/mol. The zero-order valence-corrected chi connectivity index (χ0v) is 16.9. The first kappa shape index (κ1) is 19.0. The summed E-state index contributed by atoms with van der Waals surface area (Å²) in [6.07, 6.45) is 5.95.